The quantitative estimate of drug-likeness (QED) is 0.523. The second-order valence-corrected chi connectivity index (χ2v) is 6.14. The molecule has 0 aromatic carbocycles. The fraction of sp³-hybridized carbons (Fsp3) is 0.875. The highest BCUT2D eigenvalue weighted by molar-refractivity contribution is 7.91. The first kappa shape index (κ1) is 12.4. The largest absolute Gasteiger partial charge is 0.390 e. The van der Waals surface area contributed by atoms with Gasteiger partial charge in [-0.25, -0.2) is 8.42 Å². The SMILES string of the molecule is CC(CC(N)=O)NC1CS(=O)(=O)CC1O. The zero-order valence-electron chi connectivity index (χ0n) is 8.51. The molecule has 0 aliphatic carbocycles. The Morgan fingerprint density at radius 2 is 2.20 bits per heavy atom. The number of hydrogen-bond acceptors (Lipinski definition) is 5. The maximum absolute atomic E-state index is 11.2. The number of aliphatic hydroxyl groups excluding tert-OH is 1. The number of aliphatic hydroxyl groups is 1. The lowest BCUT2D eigenvalue weighted by Crippen LogP contribution is -2.45. The first-order valence-corrected chi connectivity index (χ1v) is 6.55. The summed E-state index contributed by atoms with van der Waals surface area (Å²) in [5, 5.41) is 12.3. The molecule has 0 bridgehead atoms. The maximum Gasteiger partial charge on any atom is 0.218 e. The number of rotatable bonds is 4. The van der Waals surface area contributed by atoms with Gasteiger partial charge in [0.15, 0.2) is 9.84 Å². The standard InChI is InChI=1S/C8H16N2O4S/c1-5(2-8(9)12)10-6-3-15(13,14)4-7(6)11/h5-7,10-11H,2-4H2,1H3,(H2,9,12). The Labute approximate surface area is 88.8 Å². The van der Waals surface area contributed by atoms with E-state index in [1.165, 1.54) is 0 Å². The van der Waals surface area contributed by atoms with Gasteiger partial charge in [-0.15, -0.1) is 0 Å². The highest BCUT2D eigenvalue weighted by atomic mass is 32.2. The lowest BCUT2D eigenvalue weighted by Gasteiger charge is -2.19. The van der Waals surface area contributed by atoms with E-state index in [1.807, 2.05) is 0 Å². The molecule has 4 N–H and O–H groups in total. The summed E-state index contributed by atoms with van der Waals surface area (Å²) in [7, 11) is -3.15. The summed E-state index contributed by atoms with van der Waals surface area (Å²) in [6.45, 7) is 1.72. The van der Waals surface area contributed by atoms with Crippen molar-refractivity contribution in [2.45, 2.75) is 31.5 Å². The van der Waals surface area contributed by atoms with Crippen LogP contribution in [-0.2, 0) is 14.6 Å². The topological polar surface area (TPSA) is 109 Å². The molecule has 0 spiro atoms. The minimum absolute atomic E-state index is 0.0860. The zero-order valence-corrected chi connectivity index (χ0v) is 9.33. The zero-order chi connectivity index (χ0) is 11.6. The summed E-state index contributed by atoms with van der Waals surface area (Å²) in [4.78, 5) is 10.6. The van der Waals surface area contributed by atoms with Gasteiger partial charge in [0.25, 0.3) is 0 Å². The van der Waals surface area contributed by atoms with E-state index in [1.54, 1.807) is 6.92 Å². The van der Waals surface area contributed by atoms with Crippen LogP contribution >= 0.6 is 0 Å². The summed E-state index contributed by atoms with van der Waals surface area (Å²) >= 11 is 0. The maximum atomic E-state index is 11.2. The molecule has 0 aromatic heterocycles. The lowest BCUT2D eigenvalue weighted by atomic mass is 10.1. The molecule has 0 saturated carbocycles. The Morgan fingerprint density at radius 1 is 1.60 bits per heavy atom. The highest BCUT2D eigenvalue weighted by Gasteiger charge is 2.36. The molecule has 1 aliphatic rings. The molecule has 1 heterocycles. The van der Waals surface area contributed by atoms with Crippen molar-refractivity contribution >= 4 is 15.7 Å². The Morgan fingerprint density at radius 3 is 2.60 bits per heavy atom. The Bertz CT molecular complexity index is 341. The van der Waals surface area contributed by atoms with Crippen LogP contribution in [0.5, 0.6) is 0 Å². The van der Waals surface area contributed by atoms with Crippen LogP contribution < -0.4 is 11.1 Å². The molecule has 6 nitrogen and oxygen atoms in total. The van der Waals surface area contributed by atoms with E-state index in [2.05, 4.69) is 5.32 Å². The van der Waals surface area contributed by atoms with Crippen LogP contribution in [0.1, 0.15) is 13.3 Å². The summed E-state index contributed by atoms with van der Waals surface area (Å²) in [6.07, 6.45) is -0.770. The van der Waals surface area contributed by atoms with Crippen molar-refractivity contribution in [3.05, 3.63) is 0 Å². The molecule has 1 rings (SSSR count). The van der Waals surface area contributed by atoms with Gasteiger partial charge in [0.05, 0.1) is 17.6 Å². The second kappa shape index (κ2) is 4.46. The van der Waals surface area contributed by atoms with Crippen molar-refractivity contribution in [3.63, 3.8) is 0 Å². The molecule has 3 unspecified atom stereocenters. The molecular formula is C8H16N2O4S. The predicted octanol–water partition coefficient (Wildman–Crippen LogP) is -2.00. The van der Waals surface area contributed by atoms with Crippen LogP contribution in [0.3, 0.4) is 0 Å². The van der Waals surface area contributed by atoms with Gasteiger partial charge >= 0.3 is 0 Å². The molecule has 15 heavy (non-hydrogen) atoms. The molecule has 7 heteroatoms. The molecule has 3 atom stereocenters. The first-order valence-electron chi connectivity index (χ1n) is 4.73. The predicted molar refractivity (Wildman–Crippen MR) is 54.9 cm³/mol. The third-order valence-electron chi connectivity index (χ3n) is 2.33. The van der Waals surface area contributed by atoms with E-state index in [-0.39, 0.29) is 24.0 Å². The van der Waals surface area contributed by atoms with E-state index in [4.69, 9.17) is 5.73 Å². The van der Waals surface area contributed by atoms with Crippen LogP contribution in [0.15, 0.2) is 0 Å². The Balaban J connectivity index is 2.49. The smallest absolute Gasteiger partial charge is 0.218 e. The molecule has 1 fully saturated rings. The van der Waals surface area contributed by atoms with Crippen molar-refractivity contribution in [3.8, 4) is 0 Å². The minimum Gasteiger partial charge on any atom is -0.390 e. The van der Waals surface area contributed by atoms with Crippen LogP contribution in [0.2, 0.25) is 0 Å². The number of carbonyl (C=O) groups is 1. The highest BCUT2D eigenvalue weighted by Crippen LogP contribution is 2.13. The Kier molecular flexibility index (Phi) is 3.69. The third kappa shape index (κ3) is 3.77. The normalized spacial score (nSPS) is 31.3. The van der Waals surface area contributed by atoms with Crippen molar-refractivity contribution in [2.24, 2.45) is 5.73 Å². The van der Waals surface area contributed by atoms with Crippen molar-refractivity contribution in [1.82, 2.24) is 5.32 Å². The van der Waals surface area contributed by atoms with Gasteiger partial charge in [-0.1, -0.05) is 0 Å². The number of amides is 1. The molecule has 1 saturated heterocycles. The molecule has 1 aliphatic heterocycles. The number of sulfone groups is 1. The average Bonchev–Trinajstić information content (AvgIpc) is 2.22. The van der Waals surface area contributed by atoms with E-state index in [0.29, 0.717) is 0 Å². The van der Waals surface area contributed by atoms with Crippen molar-refractivity contribution in [2.75, 3.05) is 11.5 Å². The van der Waals surface area contributed by atoms with Gasteiger partial charge in [0.1, 0.15) is 0 Å². The minimum atomic E-state index is -3.15. The van der Waals surface area contributed by atoms with Crippen molar-refractivity contribution < 1.29 is 18.3 Å². The Hall–Kier alpha value is -0.660. The average molecular weight is 236 g/mol. The number of nitrogens with one attached hydrogen (secondary N) is 1. The van der Waals surface area contributed by atoms with E-state index in [9.17, 15) is 18.3 Å². The number of hydrogen-bond donors (Lipinski definition) is 3. The van der Waals surface area contributed by atoms with E-state index < -0.39 is 27.9 Å². The van der Waals surface area contributed by atoms with Crippen LogP contribution in [0.25, 0.3) is 0 Å². The number of nitrogens with two attached hydrogens (primary N) is 1. The molecule has 1 amide bonds. The van der Waals surface area contributed by atoms with Gasteiger partial charge in [-0.05, 0) is 6.92 Å². The summed E-state index contributed by atoms with van der Waals surface area (Å²) in [5.74, 6) is -0.754. The van der Waals surface area contributed by atoms with E-state index in [0.717, 1.165) is 0 Å². The van der Waals surface area contributed by atoms with Gasteiger partial charge < -0.3 is 16.2 Å². The summed E-state index contributed by atoms with van der Waals surface area (Å²) in [6, 6.07) is -0.722. The summed E-state index contributed by atoms with van der Waals surface area (Å²) < 4.78 is 22.3. The fourth-order valence-corrected chi connectivity index (χ4v) is 3.47. The fourth-order valence-electron chi connectivity index (χ4n) is 1.71. The molecule has 88 valence electrons. The summed E-state index contributed by atoms with van der Waals surface area (Å²) in [5.41, 5.74) is 5.00. The lowest BCUT2D eigenvalue weighted by molar-refractivity contribution is -0.118. The van der Waals surface area contributed by atoms with Crippen molar-refractivity contribution in [1.29, 1.82) is 0 Å². The van der Waals surface area contributed by atoms with Crippen LogP contribution in [0, 0.1) is 0 Å². The monoisotopic (exact) mass is 236 g/mol. The van der Waals surface area contributed by atoms with E-state index >= 15 is 0 Å². The molecule has 0 radical (unpaired) electrons. The van der Waals surface area contributed by atoms with Crippen LogP contribution in [0.4, 0.5) is 0 Å². The van der Waals surface area contributed by atoms with Gasteiger partial charge in [0, 0.05) is 18.5 Å². The number of primary amides is 1. The first-order chi connectivity index (χ1) is 6.80. The van der Waals surface area contributed by atoms with Crippen LogP contribution in [-0.4, -0.2) is 49.1 Å². The molecular weight excluding hydrogens is 220 g/mol. The second-order valence-electron chi connectivity index (χ2n) is 3.99. The van der Waals surface area contributed by atoms with Gasteiger partial charge in [-0.3, -0.25) is 4.79 Å². The third-order valence-corrected chi connectivity index (χ3v) is 4.04. The molecule has 0 aromatic rings. The van der Waals surface area contributed by atoms with Gasteiger partial charge in [0.2, 0.25) is 5.91 Å². The van der Waals surface area contributed by atoms with Gasteiger partial charge in [-0.2, -0.15) is 0 Å². The number of carbonyl (C=O) groups excluding carboxylic acids is 1.